The summed E-state index contributed by atoms with van der Waals surface area (Å²) in [5.74, 6) is -1.54. The van der Waals surface area contributed by atoms with Crippen molar-refractivity contribution in [2.45, 2.75) is 17.7 Å². The van der Waals surface area contributed by atoms with Crippen molar-refractivity contribution in [1.82, 2.24) is 5.32 Å². The maximum Gasteiger partial charge on any atom is 0.235 e. The van der Waals surface area contributed by atoms with Gasteiger partial charge in [0.25, 0.3) is 0 Å². The van der Waals surface area contributed by atoms with E-state index in [0.29, 0.717) is 12.5 Å². The minimum absolute atomic E-state index is 0.0111. The zero-order valence-electron chi connectivity index (χ0n) is 10.2. The predicted octanol–water partition coefficient (Wildman–Crippen LogP) is 0.708. The van der Waals surface area contributed by atoms with Crippen LogP contribution in [0.2, 0.25) is 0 Å². The van der Waals surface area contributed by atoms with Crippen LogP contribution in [0, 0.1) is 11.7 Å². The molecule has 0 heterocycles. The molecule has 0 aliphatic heterocycles. The molecule has 0 spiro atoms. The van der Waals surface area contributed by atoms with Crippen LogP contribution >= 0.6 is 0 Å². The van der Waals surface area contributed by atoms with Gasteiger partial charge in [-0.2, -0.15) is 0 Å². The zero-order chi connectivity index (χ0) is 14.0. The van der Waals surface area contributed by atoms with E-state index in [1.807, 2.05) is 0 Å². The lowest BCUT2D eigenvalue weighted by Crippen LogP contribution is -2.31. The highest BCUT2D eigenvalue weighted by Crippen LogP contribution is 2.27. The van der Waals surface area contributed by atoms with Gasteiger partial charge in [0.2, 0.25) is 5.91 Å². The van der Waals surface area contributed by atoms with Gasteiger partial charge in [0.15, 0.2) is 9.84 Å². The van der Waals surface area contributed by atoms with Gasteiger partial charge >= 0.3 is 0 Å². The average molecular weight is 286 g/mol. The molecule has 0 aromatic heterocycles. The molecule has 1 fully saturated rings. The topological polar surface area (TPSA) is 89.3 Å². The molecular formula is C12H15FN2O3S. The van der Waals surface area contributed by atoms with Gasteiger partial charge in [0.1, 0.15) is 11.6 Å². The molecule has 19 heavy (non-hydrogen) atoms. The van der Waals surface area contributed by atoms with Gasteiger partial charge in [-0.25, -0.2) is 12.8 Å². The van der Waals surface area contributed by atoms with Crippen molar-refractivity contribution in [2.24, 2.45) is 5.92 Å². The van der Waals surface area contributed by atoms with Crippen LogP contribution in [0.1, 0.15) is 12.8 Å². The van der Waals surface area contributed by atoms with Crippen molar-refractivity contribution >= 4 is 21.4 Å². The summed E-state index contributed by atoms with van der Waals surface area (Å²) in [5, 5.41) is 2.56. The number of hydrogen-bond donors (Lipinski definition) is 2. The maximum absolute atomic E-state index is 13.1. The summed E-state index contributed by atoms with van der Waals surface area (Å²) in [4.78, 5) is 11.2. The summed E-state index contributed by atoms with van der Waals surface area (Å²) in [6, 6.07) is 3.03. The van der Waals surface area contributed by atoms with Gasteiger partial charge in [-0.3, -0.25) is 4.79 Å². The number of anilines is 1. The van der Waals surface area contributed by atoms with Crippen LogP contribution < -0.4 is 11.1 Å². The van der Waals surface area contributed by atoms with Gasteiger partial charge in [0, 0.05) is 12.2 Å². The van der Waals surface area contributed by atoms with E-state index in [1.165, 1.54) is 0 Å². The lowest BCUT2D eigenvalue weighted by atomic mass is 10.3. The van der Waals surface area contributed by atoms with Crippen molar-refractivity contribution in [2.75, 3.05) is 18.0 Å². The molecule has 0 atom stereocenters. The second-order valence-electron chi connectivity index (χ2n) is 4.73. The minimum atomic E-state index is -3.86. The van der Waals surface area contributed by atoms with Crippen molar-refractivity contribution in [3.05, 3.63) is 24.0 Å². The van der Waals surface area contributed by atoms with E-state index in [0.717, 1.165) is 31.0 Å². The Balaban J connectivity index is 2.05. The van der Waals surface area contributed by atoms with E-state index in [4.69, 9.17) is 5.73 Å². The Labute approximate surface area is 110 Å². The summed E-state index contributed by atoms with van der Waals surface area (Å²) in [7, 11) is -3.86. The number of amides is 1. The normalized spacial score (nSPS) is 15.2. The smallest absolute Gasteiger partial charge is 0.235 e. The van der Waals surface area contributed by atoms with E-state index in [-0.39, 0.29) is 10.6 Å². The molecule has 1 aromatic rings. The summed E-state index contributed by atoms with van der Waals surface area (Å²) < 4.78 is 37.0. The van der Waals surface area contributed by atoms with Crippen LogP contribution in [0.4, 0.5) is 10.1 Å². The number of benzene rings is 1. The highest BCUT2D eigenvalue weighted by atomic mass is 32.2. The Morgan fingerprint density at radius 1 is 1.37 bits per heavy atom. The molecule has 1 aromatic carbocycles. The van der Waals surface area contributed by atoms with Crippen LogP contribution in [-0.4, -0.2) is 26.6 Å². The monoisotopic (exact) mass is 286 g/mol. The van der Waals surface area contributed by atoms with E-state index >= 15 is 0 Å². The molecule has 1 aliphatic rings. The summed E-state index contributed by atoms with van der Waals surface area (Å²) in [5.41, 5.74) is 5.40. The Kier molecular flexibility index (Phi) is 3.75. The Hall–Kier alpha value is -1.63. The highest BCUT2D eigenvalue weighted by Gasteiger charge is 2.24. The number of nitrogens with one attached hydrogen (secondary N) is 1. The standard InChI is InChI=1S/C12H15FN2O3S/c13-9-3-10(14)5-11(4-9)19(17,18)7-12(16)15-6-8-1-2-8/h3-5,8H,1-2,6-7,14H2,(H,15,16). The number of carbonyl (C=O) groups is 1. The first-order valence-corrected chi connectivity index (χ1v) is 7.57. The molecule has 2 rings (SSSR count). The largest absolute Gasteiger partial charge is 0.399 e. The van der Waals surface area contributed by atoms with Crippen LogP contribution in [0.5, 0.6) is 0 Å². The predicted molar refractivity (Wildman–Crippen MR) is 68.6 cm³/mol. The molecule has 0 bridgehead atoms. The van der Waals surface area contributed by atoms with Crippen LogP contribution in [0.3, 0.4) is 0 Å². The fourth-order valence-corrected chi connectivity index (χ4v) is 2.87. The third-order valence-electron chi connectivity index (χ3n) is 2.86. The summed E-state index contributed by atoms with van der Waals surface area (Å²) >= 11 is 0. The fraction of sp³-hybridized carbons (Fsp3) is 0.417. The molecule has 1 saturated carbocycles. The third kappa shape index (κ3) is 3.92. The molecule has 0 saturated heterocycles. The van der Waals surface area contributed by atoms with Gasteiger partial charge < -0.3 is 11.1 Å². The van der Waals surface area contributed by atoms with Crippen molar-refractivity contribution in [3.8, 4) is 0 Å². The first kappa shape index (κ1) is 13.8. The van der Waals surface area contributed by atoms with Crippen molar-refractivity contribution in [3.63, 3.8) is 0 Å². The number of halogens is 1. The van der Waals surface area contributed by atoms with E-state index in [1.54, 1.807) is 0 Å². The Bertz CT molecular complexity index is 577. The minimum Gasteiger partial charge on any atom is -0.399 e. The summed E-state index contributed by atoms with van der Waals surface area (Å²) in [6.45, 7) is 0.500. The molecule has 1 amide bonds. The molecule has 1 aliphatic carbocycles. The lowest BCUT2D eigenvalue weighted by Gasteiger charge is -2.07. The van der Waals surface area contributed by atoms with Gasteiger partial charge in [-0.15, -0.1) is 0 Å². The van der Waals surface area contributed by atoms with Crippen molar-refractivity contribution < 1.29 is 17.6 Å². The average Bonchev–Trinajstić information content (AvgIpc) is 3.08. The SMILES string of the molecule is Nc1cc(F)cc(S(=O)(=O)CC(=O)NCC2CC2)c1. The molecule has 7 heteroatoms. The maximum atomic E-state index is 13.1. The third-order valence-corrected chi connectivity index (χ3v) is 4.45. The number of hydrogen-bond acceptors (Lipinski definition) is 4. The Morgan fingerprint density at radius 2 is 2.05 bits per heavy atom. The number of carbonyl (C=O) groups excluding carboxylic acids is 1. The number of nitrogens with two attached hydrogens (primary N) is 1. The molecular weight excluding hydrogens is 271 g/mol. The highest BCUT2D eigenvalue weighted by molar-refractivity contribution is 7.92. The Morgan fingerprint density at radius 3 is 2.63 bits per heavy atom. The second-order valence-corrected chi connectivity index (χ2v) is 6.72. The van der Waals surface area contributed by atoms with Gasteiger partial charge in [-0.05, 0) is 37.0 Å². The van der Waals surface area contributed by atoms with E-state index in [9.17, 15) is 17.6 Å². The first-order chi connectivity index (χ1) is 8.87. The number of sulfone groups is 1. The molecule has 0 radical (unpaired) electrons. The van der Waals surface area contributed by atoms with Crippen LogP contribution in [-0.2, 0) is 14.6 Å². The van der Waals surface area contributed by atoms with E-state index < -0.39 is 27.3 Å². The fourth-order valence-electron chi connectivity index (χ4n) is 1.65. The molecule has 0 unspecified atom stereocenters. The molecule has 5 nitrogen and oxygen atoms in total. The van der Waals surface area contributed by atoms with E-state index in [2.05, 4.69) is 5.32 Å². The lowest BCUT2D eigenvalue weighted by molar-refractivity contribution is -0.118. The molecule has 3 N–H and O–H groups in total. The van der Waals surface area contributed by atoms with Gasteiger partial charge in [-0.1, -0.05) is 0 Å². The zero-order valence-corrected chi connectivity index (χ0v) is 11.0. The number of rotatable bonds is 5. The molecule has 104 valence electrons. The van der Waals surface area contributed by atoms with Crippen LogP contribution in [0.15, 0.2) is 23.1 Å². The van der Waals surface area contributed by atoms with Crippen molar-refractivity contribution in [1.29, 1.82) is 0 Å². The first-order valence-electron chi connectivity index (χ1n) is 5.92. The second kappa shape index (κ2) is 5.16. The summed E-state index contributed by atoms with van der Waals surface area (Å²) in [6.07, 6.45) is 2.13. The quantitative estimate of drug-likeness (QED) is 0.780. The van der Waals surface area contributed by atoms with Crippen LogP contribution in [0.25, 0.3) is 0 Å². The number of nitrogen functional groups attached to an aromatic ring is 1. The van der Waals surface area contributed by atoms with Gasteiger partial charge in [0.05, 0.1) is 4.90 Å².